The highest BCUT2D eigenvalue weighted by molar-refractivity contribution is 7.89. The molecular weight excluding hydrogens is 276 g/mol. The van der Waals surface area contributed by atoms with Crippen molar-refractivity contribution in [1.82, 2.24) is 4.72 Å². The average molecular weight is 298 g/mol. The van der Waals surface area contributed by atoms with E-state index in [2.05, 4.69) is 4.72 Å². The first-order valence-electron chi connectivity index (χ1n) is 6.90. The molecule has 3 N–H and O–H groups in total. The van der Waals surface area contributed by atoms with Gasteiger partial charge in [0.25, 0.3) is 0 Å². The van der Waals surface area contributed by atoms with Gasteiger partial charge in [-0.2, -0.15) is 0 Å². The van der Waals surface area contributed by atoms with Gasteiger partial charge in [0.2, 0.25) is 10.0 Å². The Bertz CT molecular complexity index is 552. The largest absolute Gasteiger partial charge is 0.381 e. The highest BCUT2D eigenvalue weighted by Gasteiger charge is 2.21. The molecule has 1 fully saturated rings. The molecular formula is C14H22N2O3S. The molecule has 2 rings (SSSR count). The standard InChI is InChI=1S/C14H22N2O3S/c1-11-13(8-15)5-2-6-14(11)20(17,18)16-9-12-4-3-7-19-10-12/h2,5-6,12,16H,3-4,7-10,15H2,1H3. The zero-order valence-corrected chi connectivity index (χ0v) is 12.6. The van der Waals surface area contributed by atoms with Crippen LogP contribution < -0.4 is 10.5 Å². The number of ether oxygens (including phenoxy) is 1. The molecule has 1 aliphatic heterocycles. The molecule has 1 aliphatic rings. The number of hydrogen-bond donors (Lipinski definition) is 2. The van der Waals surface area contributed by atoms with E-state index in [0.29, 0.717) is 24.6 Å². The van der Waals surface area contributed by atoms with E-state index in [0.717, 1.165) is 30.6 Å². The van der Waals surface area contributed by atoms with Crippen LogP contribution in [-0.2, 0) is 21.3 Å². The van der Waals surface area contributed by atoms with Gasteiger partial charge in [-0.15, -0.1) is 0 Å². The Kier molecular flexibility index (Phi) is 5.15. The van der Waals surface area contributed by atoms with Crippen molar-refractivity contribution in [3.8, 4) is 0 Å². The van der Waals surface area contributed by atoms with Crippen LogP contribution in [0, 0.1) is 12.8 Å². The Morgan fingerprint density at radius 3 is 2.90 bits per heavy atom. The first-order chi connectivity index (χ1) is 9.54. The van der Waals surface area contributed by atoms with Crippen LogP contribution in [0.3, 0.4) is 0 Å². The van der Waals surface area contributed by atoms with Crippen LogP contribution in [0.2, 0.25) is 0 Å². The van der Waals surface area contributed by atoms with Gasteiger partial charge in [-0.1, -0.05) is 12.1 Å². The summed E-state index contributed by atoms with van der Waals surface area (Å²) >= 11 is 0. The maximum absolute atomic E-state index is 12.4. The second-order valence-electron chi connectivity index (χ2n) is 5.18. The Morgan fingerprint density at radius 1 is 1.45 bits per heavy atom. The molecule has 1 saturated heterocycles. The SMILES string of the molecule is Cc1c(CN)cccc1S(=O)(=O)NCC1CCCOC1. The Labute approximate surface area is 120 Å². The van der Waals surface area contributed by atoms with Gasteiger partial charge in [-0.3, -0.25) is 0 Å². The number of nitrogens with one attached hydrogen (secondary N) is 1. The first kappa shape index (κ1) is 15.4. The second-order valence-corrected chi connectivity index (χ2v) is 6.91. The van der Waals surface area contributed by atoms with E-state index in [9.17, 15) is 8.42 Å². The molecule has 1 atom stereocenters. The van der Waals surface area contributed by atoms with Crippen molar-refractivity contribution in [3.05, 3.63) is 29.3 Å². The molecule has 0 radical (unpaired) electrons. The molecule has 0 spiro atoms. The molecule has 1 aromatic rings. The lowest BCUT2D eigenvalue weighted by Crippen LogP contribution is -2.33. The summed E-state index contributed by atoms with van der Waals surface area (Å²) in [7, 11) is -3.48. The van der Waals surface area contributed by atoms with E-state index >= 15 is 0 Å². The van der Waals surface area contributed by atoms with Crippen molar-refractivity contribution in [2.24, 2.45) is 11.7 Å². The highest BCUT2D eigenvalue weighted by Crippen LogP contribution is 2.19. The van der Waals surface area contributed by atoms with Crippen LogP contribution in [-0.4, -0.2) is 28.2 Å². The fraction of sp³-hybridized carbons (Fsp3) is 0.571. The fourth-order valence-corrected chi connectivity index (χ4v) is 3.85. The van der Waals surface area contributed by atoms with Crippen LogP contribution in [0.25, 0.3) is 0 Å². The first-order valence-corrected chi connectivity index (χ1v) is 8.39. The van der Waals surface area contributed by atoms with Crippen LogP contribution in [0.5, 0.6) is 0 Å². The van der Waals surface area contributed by atoms with Crippen molar-refractivity contribution in [3.63, 3.8) is 0 Å². The van der Waals surface area contributed by atoms with Gasteiger partial charge in [0.1, 0.15) is 0 Å². The summed E-state index contributed by atoms with van der Waals surface area (Å²) in [5.74, 6) is 0.261. The van der Waals surface area contributed by atoms with E-state index < -0.39 is 10.0 Å². The fourth-order valence-electron chi connectivity index (χ4n) is 2.45. The van der Waals surface area contributed by atoms with Gasteiger partial charge in [-0.25, -0.2) is 13.1 Å². The second kappa shape index (κ2) is 6.67. The van der Waals surface area contributed by atoms with Gasteiger partial charge in [0, 0.05) is 19.7 Å². The monoisotopic (exact) mass is 298 g/mol. The zero-order valence-electron chi connectivity index (χ0n) is 11.8. The molecule has 112 valence electrons. The molecule has 0 amide bonds. The van der Waals surface area contributed by atoms with Crippen molar-refractivity contribution in [1.29, 1.82) is 0 Å². The van der Waals surface area contributed by atoms with Gasteiger partial charge in [0.15, 0.2) is 0 Å². The van der Waals surface area contributed by atoms with Gasteiger partial charge in [0.05, 0.1) is 11.5 Å². The normalized spacial score (nSPS) is 20.0. The maximum Gasteiger partial charge on any atom is 0.240 e. The van der Waals surface area contributed by atoms with Crippen LogP contribution >= 0.6 is 0 Å². The minimum Gasteiger partial charge on any atom is -0.381 e. The third-order valence-electron chi connectivity index (χ3n) is 3.72. The summed E-state index contributed by atoms with van der Waals surface area (Å²) in [5, 5.41) is 0. The van der Waals surface area contributed by atoms with Crippen molar-refractivity contribution in [2.75, 3.05) is 19.8 Å². The van der Waals surface area contributed by atoms with E-state index in [1.165, 1.54) is 0 Å². The minimum atomic E-state index is -3.48. The zero-order chi connectivity index (χ0) is 14.6. The number of benzene rings is 1. The smallest absolute Gasteiger partial charge is 0.240 e. The Hall–Kier alpha value is -0.950. The van der Waals surface area contributed by atoms with E-state index in [1.807, 2.05) is 6.07 Å². The van der Waals surface area contributed by atoms with Crippen molar-refractivity contribution < 1.29 is 13.2 Å². The molecule has 1 heterocycles. The average Bonchev–Trinajstić information content (AvgIpc) is 2.46. The predicted octanol–water partition coefficient (Wildman–Crippen LogP) is 1.16. The van der Waals surface area contributed by atoms with Crippen molar-refractivity contribution in [2.45, 2.75) is 31.2 Å². The number of sulfonamides is 1. The van der Waals surface area contributed by atoms with E-state index in [1.54, 1.807) is 19.1 Å². The molecule has 6 heteroatoms. The molecule has 0 bridgehead atoms. The molecule has 1 unspecified atom stereocenters. The predicted molar refractivity (Wildman–Crippen MR) is 77.8 cm³/mol. The Balaban J connectivity index is 2.10. The van der Waals surface area contributed by atoms with Crippen LogP contribution in [0.15, 0.2) is 23.1 Å². The van der Waals surface area contributed by atoms with E-state index in [4.69, 9.17) is 10.5 Å². The van der Waals surface area contributed by atoms with Gasteiger partial charge >= 0.3 is 0 Å². The maximum atomic E-state index is 12.4. The molecule has 20 heavy (non-hydrogen) atoms. The number of nitrogens with two attached hydrogens (primary N) is 1. The summed E-state index contributed by atoms with van der Waals surface area (Å²) in [6, 6.07) is 5.20. The lowest BCUT2D eigenvalue weighted by Gasteiger charge is -2.22. The third-order valence-corrected chi connectivity index (χ3v) is 5.29. The van der Waals surface area contributed by atoms with Crippen molar-refractivity contribution >= 4 is 10.0 Å². The molecule has 0 aliphatic carbocycles. The minimum absolute atomic E-state index is 0.261. The topological polar surface area (TPSA) is 81.4 Å². The lowest BCUT2D eigenvalue weighted by atomic mass is 10.0. The van der Waals surface area contributed by atoms with Gasteiger partial charge < -0.3 is 10.5 Å². The Morgan fingerprint density at radius 2 is 2.25 bits per heavy atom. The highest BCUT2D eigenvalue weighted by atomic mass is 32.2. The summed E-state index contributed by atoms with van der Waals surface area (Å²) in [6.45, 7) is 3.96. The van der Waals surface area contributed by atoms with Crippen LogP contribution in [0.4, 0.5) is 0 Å². The summed E-state index contributed by atoms with van der Waals surface area (Å²) in [6.07, 6.45) is 2.00. The van der Waals surface area contributed by atoms with Crippen LogP contribution in [0.1, 0.15) is 24.0 Å². The molecule has 0 saturated carbocycles. The number of rotatable bonds is 5. The van der Waals surface area contributed by atoms with Gasteiger partial charge in [-0.05, 0) is 42.9 Å². The molecule has 5 nitrogen and oxygen atoms in total. The third kappa shape index (κ3) is 3.58. The lowest BCUT2D eigenvalue weighted by molar-refractivity contribution is 0.0568. The number of hydrogen-bond acceptors (Lipinski definition) is 4. The quantitative estimate of drug-likeness (QED) is 0.854. The molecule has 0 aromatic heterocycles. The van der Waals surface area contributed by atoms with E-state index in [-0.39, 0.29) is 5.92 Å². The summed E-state index contributed by atoms with van der Waals surface area (Å²) in [5.41, 5.74) is 7.20. The summed E-state index contributed by atoms with van der Waals surface area (Å²) < 4.78 is 32.8. The molecule has 1 aromatic carbocycles. The summed E-state index contributed by atoms with van der Waals surface area (Å²) in [4.78, 5) is 0.317.